The largest absolute Gasteiger partial charge is 0.392 e. The first kappa shape index (κ1) is 12.7. The zero-order chi connectivity index (χ0) is 13.5. The van der Waals surface area contributed by atoms with E-state index in [4.69, 9.17) is 0 Å². The van der Waals surface area contributed by atoms with Crippen molar-refractivity contribution in [3.8, 4) is 0 Å². The van der Waals surface area contributed by atoms with Crippen molar-refractivity contribution in [1.82, 2.24) is 5.32 Å². The number of carbonyl (C=O) groups is 2. The highest BCUT2D eigenvalue weighted by atomic mass is 32.2. The van der Waals surface area contributed by atoms with Crippen LogP contribution in [0.1, 0.15) is 23.2 Å². The molecular formula is C14H15NO3S. The van der Waals surface area contributed by atoms with Gasteiger partial charge in [-0.25, -0.2) is 0 Å². The fraction of sp³-hybridized carbons (Fsp3) is 0.429. The molecule has 0 radical (unpaired) electrons. The molecule has 1 aromatic carbocycles. The lowest BCUT2D eigenvalue weighted by Gasteiger charge is -2.33. The molecule has 1 saturated heterocycles. The second kappa shape index (κ2) is 4.65. The van der Waals surface area contributed by atoms with Gasteiger partial charge in [0.2, 0.25) is 0 Å². The quantitative estimate of drug-likeness (QED) is 0.846. The van der Waals surface area contributed by atoms with Gasteiger partial charge in [0.05, 0.1) is 11.4 Å². The molecule has 1 aromatic rings. The maximum Gasteiger partial charge on any atom is 0.252 e. The molecule has 2 bridgehead atoms. The minimum absolute atomic E-state index is 0.0273. The van der Waals surface area contributed by atoms with E-state index in [-0.39, 0.29) is 16.9 Å². The third-order valence-corrected chi connectivity index (χ3v) is 5.39. The van der Waals surface area contributed by atoms with E-state index in [0.717, 1.165) is 0 Å². The number of nitrogens with one attached hydrogen (secondary N) is 1. The van der Waals surface area contributed by atoms with Gasteiger partial charge in [0.1, 0.15) is 5.54 Å². The second-order valence-corrected chi connectivity index (χ2v) is 6.23. The smallest absolute Gasteiger partial charge is 0.252 e. The summed E-state index contributed by atoms with van der Waals surface area (Å²) in [6.07, 6.45) is 0.523. The predicted octanol–water partition coefficient (Wildman–Crippen LogP) is 0.994. The standard InChI is InChI=1S/C14H15NO3S/c16-10-6-7-14(8-19-11(10)12(14)17)15-13(18)9-4-2-1-3-5-9/h1-5,10-11,16H,6-8H2,(H,15,18). The molecule has 2 fully saturated rings. The molecule has 19 heavy (non-hydrogen) atoms. The molecule has 2 aliphatic rings. The first-order valence-corrected chi connectivity index (χ1v) is 7.39. The molecule has 1 heterocycles. The molecule has 2 N–H and O–H groups in total. The lowest BCUT2D eigenvalue weighted by atomic mass is 9.80. The average molecular weight is 277 g/mol. The number of Topliss-reactive ketones (excluding diaryl/α,β-unsaturated/α-hetero) is 1. The van der Waals surface area contributed by atoms with Crippen molar-refractivity contribution < 1.29 is 14.7 Å². The number of amides is 1. The average Bonchev–Trinajstić information content (AvgIpc) is 2.64. The number of fused-ring (bicyclic) bond motifs is 2. The Morgan fingerprint density at radius 1 is 1.37 bits per heavy atom. The van der Waals surface area contributed by atoms with E-state index >= 15 is 0 Å². The molecule has 5 heteroatoms. The van der Waals surface area contributed by atoms with Crippen molar-refractivity contribution in [3.05, 3.63) is 35.9 Å². The van der Waals surface area contributed by atoms with Crippen LogP contribution in [0.4, 0.5) is 0 Å². The summed E-state index contributed by atoms with van der Waals surface area (Å²) in [5.41, 5.74) is -0.217. The van der Waals surface area contributed by atoms with Crippen molar-refractivity contribution in [2.45, 2.75) is 29.7 Å². The molecule has 0 spiro atoms. The number of hydrogen-bond acceptors (Lipinski definition) is 4. The zero-order valence-electron chi connectivity index (χ0n) is 10.3. The number of hydrogen-bond donors (Lipinski definition) is 2. The predicted molar refractivity (Wildman–Crippen MR) is 73.1 cm³/mol. The molecule has 3 atom stereocenters. The zero-order valence-corrected chi connectivity index (χ0v) is 11.2. The summed E-state index contributed by atoms with van der Waals surface area (Å²) in [5, 5.41) is 12.3. The number of aliphatic hydroxyl groups excluding tert-OH is 1. The molecule has 100 valence electrons. The summed E-state index contributed by atoms with van der Waals surface area (Å²) < 4.78 is 0. The van der Waals surface area contributed by atoms with Crippen LogP contribution in [0, 0.1) is 0 Å². The van der Waals surface area contributed by atoms with Crippen LogP contribution in [0.15, 0.2) is 30.3 Å². The van der Waals surface area contributed by atoms with Gasteiger partial charge in [0.15, 0.2) is 5.78 Å². The van der Waals surface area contributed by atoms with Gasteiger partial charge in [-0.05, 0) is 25.0 Å². The summed E-state index contributed by atoms with van der Waals surface area (Å²) in [6, 6.07) is 8.90. The van der Waals surface area contributed by atoms with Gasteiger partial charge in [0.25, 0.3) is 5.91 Å². The number of benzene rings is 1. The van der Waals surface area contributed by atoms with E-state index in [0.29, 0.717) is 24.2 Å². The van der Waals surface area contributed by atoms with E-state index in [1.165, 1.54) is 11.8 Å². The molecule has 3 unspecified atom stereocenters. The molecule has 1 saturated carbocycles. The van der Waals surface area contributed by atoms with Gasteiger partial charge in [-0.1, -0.05) is 18.2 Å². The van der Waals surface area contributed by atoms with Crippen molar-refractivity contribution >= 4 is 23.5 Å². The molecular weight excluding hydrogens is 262 g/mol. The second-order valence-electron chi connectivity index (χ2n) is 5.10. The summed E-state index contributed by atoms with van der Waals surface area (Å²) in [6.45, 7) is 0. The Hall–Kier alpha value is -1.33. The van der Waals surface area contributed by atoms with E-state index in [1.807, 2.05) is 6.07 Å². The minimum Gasteiger partial charge on any atom is -0.392 e. The number of rotatable bonds is 2. The van der Waals surface area contributed by atoms with E-state index in [9.17, 15) is 14.7 Å². The molecule has 4 nitrogen and oxygen atoms in total. The van der Waals surface area contributed by atoms with Crippen LogP contribution in [0.25, 0.3) is 0 Å². The van der Waals surface area contributed by atoms with Crippen LogP contribution < -0.4 is 5.32 Å². The van der Waals surface area contributed by atoms with Crippen molar-refractivity contribution in [3.63, 3.8) is 0 Å². The van der Waals surface area contributed by atoms with Crippen LogP contribution in [0.2, 0.25) is 0 Å². The van der Waals surface area contributed by atoms with Crippen LogP contribution in [-0.4, -0.2) is 39.4 Å². The highest BCUT2D eigenvalue weighted by Crippen LogP contribution is 2.42. The fourth-order valence-corrected chi connectivity index (χ4v) is 4.28. The van der Waals surface area contributed by atoms with Crippen molar-refractivity contribution in [1.29, 1.82) is 0 Å². The normalized spacial score (nSPS) is 33.2. The third-order valence-electron chi connectivity index (χ3n) is 3.84. The summed E-state index contributed by atoms with van der Waals surface area (Å²) in [4.78, 5) is 24.5. The first-order chi connectivity index (χ1) is 9.12. The Morgan fingerprint density at radius 3 is 2.84 bits per heavy atom. The Bertz CT molecular complexity index is 519. The van der Waals surface area contributed by atoms with E-state index in [2.05, 4.69) is 5.32 Å². The highest BCUT2D eigenvalue weighted by molar-refractivity contribution is 8.01. The number of carbonyl (C=O) groups excluding carboxylic acids is 2. The summed E-state index contributed by atoms with van der Waals surface area (Å²) >= 11 is 1.45. The fourth-order valence-electron chi connectivity index (χ4n) is 2.72. The number of ketones is 1. The van der Waals surface area contributed by atoms with Gasteiger partial charge in [-0.2, -0.15) is 0 Å². The molecule has 1 amide bonds. The maximum absolute atomic E-state index is 12.3. The molecule has 1 aliphatic carbocycles. The number of thioether (sulfide) groups is 1. The Balaban J connectivity index is 1.80. The van der Waals surface area contributed by atoms with Crippen LogP contribution in [-0.2, 0) is 4.79 Å². The van der Waals surface area contributed by atoms with Gasteiger partial charge in [-0.15, -0.1) is 11.8 Å². The van der Waals surface area contributed by atoms with Gasteiger partial charge >= 0.3 is 0 Å². The van der Waals surface area contributed by atoms with E-state index < -0.39 is 11.6 Å². The lowest BCUT2D eigenvalue weighted by molar-refractivity contribution is -0.127. The Labute approximate surface area is 115 Å². The lowest BCUT2D eigenvalue weighted by Crippen LogP contribution is -2.59. The van der Waals surface area contributed by atoms with Gasteiger partial charge < -0.3 is 10.4 Å². The molecule has 0 aromatic heterocycles. The third kappa shape index (κ3) is 2.07. The maximum atomic E-state index is 12.3. The first-order valence-electron chi connectivity index (χ1n) is 6.34. The number of aliphatic hydroxyl groups is 1. The van der Waals surface area contributed by atoms with Gasteiger partial charge in [-0.3, -0.25) is 9.59 Å². The van der Waals surface area contributed by atoms with Gasteiger partial charge in [0, 0.05) is 11.3 Å². The van der Waals surface area contributed by atoms with Crippen LogP contribution in [0.3, 0.4) is 0 Å². The van der Waals surface area contributed by atoms with Crippen LogP contribution >= 0.6 is 11.8 Å². The molecule has 1 aliphatic heterocycles. The van der Waals surface area contributed by atoms with Crippen LogP contribution in [0.5, 0.6) is 0 Å². The SMILES string of the molecule is O=C(NC12CCC(O)C(SC1)C2=O)c1ccccc1. The Kier molecular flexibility index (Phi) is 3.11. The van der Waals surface area contributed by atoms with E-state index in [1.54, 1.807) is 24.3 Å². The summed E-state index contributed by atoms with van der Waals surface area (Å²) in [7, 11) is 0. The van der Waals surface area contributed by atoms with Crippen molar-refractivity contribution in [2.24, 2.45) is 0 Å². The topological polar surface area (TPSA) is 66.4 Å². The molecule has 3 rings (SSSR count). The minimum atomic E-state index is -0.776. The highest BCUT2D eigenvalue weighted by Gasteiger charge is 2.55. The summed E-state index contributed by atoms with van der Waals surface area (Å²) in [5.74, 6) is 0.318. The van der Waals surface area contributed by atoms with Crippen molar-refractivity contribution in [2.75, 3.05) is 5.75 Å². The Morgan fingerprint density at radius 2 is 2.11 bits per heavy atom. The monoisotopic (exact) mass is 277 g/mol.